The van der Waals surface area contributed by atoms with Gasteiger partial charge in [-0.25, -0.2) is 4.79 Å². The third kappa shape index (κ3) is 10.1. The van der Waals surface area contributed by atoms with Crippen LogP contribution in [-0.2, 0) is 19.1 Å². The van der Waals surface area contributed by atoms with Gasteiger partial charge in [0, 0.05) is 0 Å². The molecule has 0 spiro atoms. The Hall–Kier alpha value is -1.10. The zero-order chi connectivity index (χ0) is 15.0. The van der Waals surface area contributed by atoms with Crippen molar-refractivity contribution in [2.24, 2.45) is 5.41 Å². The van der Waals surface area contributed by atoms with Crippen LogP contribution in [-0.4, -0.2) is 35.9 Å². The van der Waals surface area contributed by atoms with E-state index in [0.717, 1.165) is 0 Å². The van der Waals surface area contributed by atoms with Crippen molar-refractivity contribution in [3.05, 3.63) is 0 Å². The maximum Gasteiger partial charge on any atom is 0.337 e. The Morgan fingerprint density at radius 1 is 0.889 bits per heavy atom. The van der Waals surface area contributed by atoms with E-state index in [2.05, 4.69) is 4.74 Å². The third-order valence-corrected chi connectivity index (χ3v) is 1.66. The first-order valence-electron chi connectivity index (χ1n) is 6.03. The molecular formula is C13H26O5. The van der Waals surface area contributed by atoms with Crippen LogP contribution in [0.2, 0.25) is 0 Å². The number of carbonyl (C=O) groups is 2. The van der Waals surface area contributed by atoms with Crippen LogP contribution >= 0.6 is 0 Å². The summed E-state index contributed by atoms with van der Waals surface area (Å²) in [7, 11) is 0. The fourth-order valence-electron chi connectivity index (χ4n) is 0.655. The predicted molar refractivity (Wildman–Crippen MR) is 69.0 cm³/mol. The molecule has 5 nitrogen and oxygen atoms in total. The van der Waals surface area contributed by atoms with Crippen LogP contribution in [0.4, 0.5) is 0 Å². The smallest absolute Gasteiger partial charge is 0.337 e. The fraction of sp³-hybridized carbons (Fsp3) is 0.846. The van der Waals surface area contributed by atoms with Crippen LogP contribution in [0.1, 0.15) is 48.5 Å². The molecule has 0 bridgehead atoms. The normalized spacial score (nSPS) is 11.1. The van der Waals surface area contributed by atoms with Gasteiger partial charge in [-0.3, -0.25) is 4.79 Å². The molecule has 0 radical (unpaired) electrons. The molecule has 0 aliphatic carbocycles. The van der Waals surface area contributed by atoms with Crippen molar-refractivity contribution in [2.75, 3.05) is 13.2 Å². The summed E-state index contributed by atoms with van der Waals surface area (Å²) in [5, 5.41) is 8.94. The van der Waals surface area contributed by atoms with Crippen LogP contribution in [0.25, 0.3) is 0 Å². The number of aliphatic hydroxyl groups is 1. The molecule has 0 heterocycles. The number of esters is 2. The van der Waals surface area contributed by atoms with Crippen molar-refractivity contribution in [2.45, 2.75) is 54.1 Å². The van der Waals surface area contributed by atoms with Crippen LogP contribution in [0.15, 0.2) is 0 Å². The van der Waals surface area contributed by atoms with Crippen LogP contribution < -0.4 is 0 Å². The molecular weight excluding hydrogens is 236 g/mol. The molecule has 0 saturated heterocycles. The molecule has 0 amide bonds. The second kappa shape index (κ2) is 8.08. The van der Waals surface area contributed by atoms with Crippen molar-refractivity contribution in [1.29, 1.82) is 0 Å². The van der Waals surface area contributed by atoms with E-state index in [-0.39, 0.29) is 11.4 Å². The van der Waals surface area contributed by atoms with Crippen molar-refractivity contribution in [1.82, 2.24) is 0 Å². The third-order valence-electron chi connectivity index (χ3n) is 1.66. The first-order chi connectivity index (χ1) is 7.96. The molecule has 0 atom stereocenters. The molecule has 0 aromatic carbocycles. The molecule has 0 aromatic heterocycles. The molecule has 0 aromatic rings. The molecule has 18 heavy (non-hydrogen) atoms. The molecule has 0 fully saturated rings. The lowest BCUT2D eigenvalue weighted by molar-refractivity contribution is -0.161. The van der Waals surface area contributed by atoms with Gasteiger partial charge in [0.2, 0.25) is 0 Å². The number of hydrogen-bond acceptors (Lipinski definition) is 5. The Balaban J connectivity index is 0. The monoisotopic (exact) mass is 262 g/mol. The van der Waals surface area contributed by atoms with Crippen LogP contribution in [0.5, 0.6) is 0 Å². The maximum absolute atomic E-state index is 10.8. The Morgan fingerprint density at radius 2 is 1.22 bits per heavy atom. The summed E-state index contributed by atoms with van der Waals surface area (Å²) in [5.74, 6) is -0.713. The van der Waals surface area contributed by atoms with Gasteiger partial charge < -0.3 is 14.6 Å². The molecule has 1 N–H and O–H groups in total. The van der Waals surface area contributed by atoms with Crippen molar-refractivity contribution < 1.29 is 24.2 Å². The number of carbonyl (C=O) groups excluding carboxylic acids is 2. The highest BCUT2D eigenvalue weighted by Crippen LogP contribution is 2.14. The van der Waals surface area contributed by atoms with E-state index in [9.17, 15) is 9.59 Å². The van der Waals surface area contributed by atoms with E-state index in [1.807, 2.05) is 27.7 Å². The first-order valence-corrected chi connectivity index (χ1v) is 6.03. The summed E-state index contributed by atoms with van der Waals surface area (Å²) >= 11 is 0. The van der Waals surface area contributed by atoms with Crippen molar-refractivity contribution in [3.8, 4) is 0 Å². The highest BCUT2D eigenvalue weighted by atomic mass is 16.5. The topological polar surface area (TPSA) is 72.8 Å². The summed E-state index contributed by atoms with van der Waals surface area (Å²) in [6, 6.07) is 0. The van der Waals surface area contributed by atoms with E-state index in [1.165, 1.54) is 13.8 Å². The minimum absolute atomic E-state index is 0.134. The van der Waals surface area contributed by atoms with Gasteiger partial charge in [-0.2, -0.15) is 0 Å². The van der Waals surface area contributed by atoms with Gasteiger partial charge in [-0.15, -0.1) is 0 Å². The number of ether oxygens (including phenoxy) is 2. The summed E-state index contributed by atoms with van der Waals surface area (Å²) < 4.78 is 9.28. The molecule has 0 rings (SSSR count). The van der Waals surface area contributed by atoms with E-state index >= 15 is 0 Å². The number of rotatable bonds is 3. The Morgan fingerprint density at radius 3 is 1.33 bits per heavy atom. The Bertz CT molecular complexity index is 230. The summed E-state index contributed by atoms with van der Waals surface area (Å²) in [6.45, 7) is 12.6. The summed E-state index contributed by atoms with van der Waals surface area (Å²) in [4.78, 5) is 21.4. The SMILES string of the molecule is CCOC(=O)C(C)(C)C.CCOC(=O)C(C)(C)O. The first kappa shape index (κ1) is 19.2. The Labute approximate surface area is 109 Å². The fourth-order valence-corrected chi connectivity index (χ4v) is 0.655. The van der Waals surface area contributed by atoms with Gasteiger partial charge in [-0.05, 0) is 48.5 Å². The minimum Gasteiger partial charge on any atom is -0.466 e. The second-order valence-electron chi connectivity index (χ2n) is 5.25. The zero-order valence-corrected chi connectivity index (χ0v) is 12.5. The molecule has 108 valence electrons. The quantitative estimate of drug-likeness (QED) is 0.787. The molecule has 0 aliphatic heterocycles. The van der Waals surface area contributed by atoms with E-state index in [1.54, 1.807) is 6.92 Å². The summed E-state index contributed by atoms with van der Waals surface area (Å²) in [6.07, 6.45) is 0. The average molecular weight is 262 g/mol. The maximum atomic E-state index is 10.8. The molecule has 0 aliphatic rings. The average Bonchev–Trinajstić information content (AvgIpc) is 2.16. The van der Waals surface area contributed by atoms with Crippen molar-refractivity contribution >= 4 is 11.9 Å². The molecule has 5 heteroatoms. The van der Waals surface area contributed by atoms with Gasteiger partial charge in [0.25, 0.3) is 0 Å². The van der Waals surface area contributed by atoms with Crippen LogP contribution in [0, 0.1) is 5.41 Å². The second-order valence-corrected chi connectivity index (χ2v) is 5.25. The standard InChI is InChI=1S/C7H14O2.C6H12O3/c1-5-9-6(8)7(2,3)4;1-4-9-5(7)6(2,3)8/h5H2,1-4H3;8H,4H2,1-3H3. The minimum atomic E-state index is -1.35. The zero-order valence-electron chi connectivity index (χ0n) is 12.5. The van der Waals surface area contributed by atoms with Gasteiger partial charge >= 0.3 is 11.9 Å². The summed E-state index contributed by atoms with van der Waals surface area (Å²) in [5.41, 5.74) is -1.70. The lowest BCUT2D eigenvalue weighted by atomic mass is 9.97. The van der Waals surface area contributed by atoms with E-state index < -0.39 is 11.6 Å². The molecule has 0 saturated carbocycles. The lowest BCUT2D eigenvalue weighted by Gasteiger charge is -2.14. The van der Waals surface area contributed by atoms with Gasteiger partial charge in [0.1, 0.15) is 0 Å². The van der Waals surface area contributed by atoms with Crippen LogP contribution in [0.3, 0.4) is 0 Å². The molecule has 0 unspecified atom stereocenters. The highest BCUT2D eigenvalue weighted by molar-refractivity contribution is 5.78. The number of hydrogen-bond donors (Lipinski definition) is 1. The van der Waals surface area contributed by atoms with Gasteiger partial charge in [0.15, 0.2) is 5.60 Å². The Kier molecular flexibility index (Phi) is 8.64. The van der Waals surface area contributed by atoms with Gasteiger partial charge in [0.05, 0.1) is 18.6 Å². The van der Waals surface area contributed by atoms with Crippen molar-refractivity contribution in [3.63, 3.8) is 0 Å². The predicted octanol–water partition coefficient (Wildman–Crippen LogP) is 1.92. The van der Waals surface area contributed by atoms with E-state index in [4.69, 9.17) is 9.84 Å². The highest BCUT2D eigenvalue weighted by Gasteiger charge is 2.24. The largest absolute Gasteiger partial charge is 0.466 e. The lowest BCUT2D eigenvalue weighted by Crippen LogP contribution is -2.32. The van der Waals surface area contributed by atoms with E-state index in [0.29, 0.717) is 13.2 Å². The van der Waals surface area contributed by atoms with Gasteiger partial charge in [-0.1, -0.05) is 0 Å².